The van der Waals surface area contributed by atoms with Crippen molar-refractivity contribution in [2.75, 3.05) is 13.6 Å². The van der Waals surface area contributed by atoms with Crippen molar-refractivity contribution in [1.82, 2.24) is 9.88 Å². The number of aliphatic hydroxyl groups excluding tert-OH is 1. The lowest BCUT2D eigenvalue weighted by Crippen LogP contribution is -2.34. The summed E-state index contributed by atoms with van der Waals surface area (Å²) in [5.41, 5.74) is 2.00. The molecule has 4 nitrogen and oxygen atoms in total. The lowest BCUT2D eigenvalue weighted by molar-refractivity contribution is 0.0697. The lowest BCUT2D eigenvalue weighted by atomic mass is 10.1. The number of aliphatic hydroxyl groups is 1. The molecule has 3 rings (SSSR count). The highest BCUT2D eigenvalue weighted by atomic mass is 32.1. The van der Waals surface area contributed by atoms with E-state index in [0.29, 0.717) is 6.54 Å². The first-order valence-corrected chi connectivity index (χ1v) is 9.30. The van der Waals surface area contributed by atoms with Crippen LogP contribution in [0.2, 0.25) is 0 Å². The third-order valence-corrected chi connectivity index (χ3v) is 5.85. The summed E-state index contributed by atoms with van der Waals surface area (Å²) in [5, 5.41) is 10.9. The first kappa shape index (κ1) is 17.1. The average Bonchev–Trinajstić information content (AvgIpc) is 3.13. The Morgan fingerprint density at radius 2 is 2.08 bits per heavy atom. The van der Waals surface area contributed by atoms with Gasteiger partial charge in [0.15, 0.2) is 0 Å². The minimum absolute atomic E-state index is 0.0170. The maximum atomic E-state index is 12.7. The fourth-order valence-electron chi connectivity index (χ4n) is 3.34. The largest absolute Gasteiger partial charge is 0.393 e. The molecule has 0 spiro atoms. The zero-order valence-corrected chi connectivity index (χ0v) is 15.1. The van der Waals surface area contributed by atoms with E-state index in [1.165, 1.54) is 16.9 Å². The summed E-state index contributed by atoms with van der Waals surface area (Å²) >= 11 is 1.48. The van der Waals surface area contributed by atoms with Gasteiger partial charge in [-0.25, -0.2) is 4.98 Å². The molecule has 1 aliphatic carbocycles. The van der Waals surface area contributed by atoms with Gasteiger partial charge in [0.25, 0.3) is 5.91 Å². The van der Waals surface area contributed by atoms with Crippen LogP contribution in [0.3, 0.4) is 0 Å². The molecule has 24 heavy (non-hydrogen) atoms. The minimum atomic E-state index is -0.267. The normalized spacial score (nSPS) is 20.3. The fraction of sp³-hybridized carbons (Fsp3) is 0.474. The molecule has 1 N–H and O–H groups in total. The van der Waals surface area contributed by atoms with Crippen molar-refractivity contribution in [1.29, 1.82) is 0 Å². The molecule has 1 aliphatic rings. The molecule has 1 aromatic carbocycles. The predicted molar refractivity (Wildman–Crippen MR) is 96.4 cm³/mol. The summed E-state index contributed by atoms with van der Waals surface area (Å²) in [6.45, 7) is 2.52. The van der Waals surface area contributed by atoms with Crippen LogP contribution in [0, 0.1) is 12.8 Å². The molecular formula is C19H24N2O2S. The summed E-state index contributed by atoms with van der Waals surface area (Å²) in [6.07, 6.45) is 3.39. The standard InChI is InChI=1S/C19H24N2O2S/c1-13-18(19(23)21(2)12-15-9-6-10-16(15)22)24-17(20-13)11-14-7-4-3-5-8-14/h3-5,7-8,15-16,22H,6,9-12H2,1-2H3. The molecule has 2 unspecified atom stereocenters. The van der Waals surface area contributed by atoms with Gasteiger partial charge in [0.2, 0.25) is 0 Å². The number of aromatic nitrogens is 1. The van der Waals surface area contributed by atoms with Gasteiger partial charge in [-0.1, -0.05) is 36.8 Å². The second kappa shape index (κ2) is 7.45. The van der Waals surface area contributed by atoms with Gasteiger partial charge in [-0.05, 0) is 25.3 Å². The summed E-state index contributed by atoms with van der Waals surface area (Å²) in [7, 11) is 1.82. The summed E-state index contributed by atoms with van der Waals surface area (Å²) in [6, 6.07) is 10.2. The Labute approximate surface area is 147 Å². The molecule has 1 saturated carbocycles. The van der Waals surface area contributed by atoms with Gasteiger partial charge < -0.3 is 10.0 Å². The Bertz CT molecular complexity index is 699. The van der Waals surface area contributed by atoms with Crippen molar-refractivity contribution in [2.24, 2.45) is 5.92 Å². The number of rotatable bonds is 5. The van der Waals surface area contributed by atoms with Crippen molar-refractivity contribution in [3.63, 3.8) is 0 Å². The Balaban J connectivity index is 1.68. The number of carbonyl (C=O) groups excluding carboxylic acids is 1. The zero-order chi connectivity index (χ0) is 17.1. The van der Waals surface area contributed by atoms with Gasteiger partial charge in [-0.2, -0.15) is 0 Å². The van der Waals surface area contributed by atoms with Gasteiger partial charge in [0, 0.05) is 25.9 Å². The van der Waals surface area contributed by atoms with E-state index in [0.717, 1.165) is 41.3 Å². The first-order chi connectivity index (χ1) is 11.5. The highest BCUT2D eigenvalue weighted by Gasteiger charge is 2.28. The van der Waals surface area contributed by atoms with Gasteiger partial charge in [0.05, 0.1) is 16.8 Å². The molecule has 5 heteroatoms. The van der Waals surface area contributed by atoms with E-state index in [1.54, 1.807) is 4.90 Å². The molecule has 2 atom stereocenters. The molecule has 128 valence electrons. The molecule has 1 amide bonds. The SMILES string of the molecule is Cc1nc(Cc2ccccc2)sc1C(=O)N(C)CC1CCCC1O. The van der Waals surface area contributed by atoms with Gasteiger partial charge in [0.1, 0.15) is 4.88 Å². The number of nitrogens with zero attached hydrogens (tertiary/aromatic N) is 2. The van der Waals surface area contributed by atoms with E-state index < -0.39 is 0 Å². The Morgan fingerprint density at radius 3 is 2.75 bits per heavy atom. The fourth-order valence-corrected chi connectivity index (χ4v) is 4.43. The third-order valence-electron chi connectivity index (χ3n) is 4.71. The van der Waals surface area contributed by atoms with Crippen LogP contribution in [0.5, 0.6) is 0 Å². The van der Waals surface area contributed by atoms with Crippen LogP contribution in [0.4, 0.5) is 0 Å². The van der Waals surface area contributed by atoms with Crippen molar-refractivity contribution in [3.05, 3.63) is 51.5 Å². The van der Waals surface area contributed by atoms with Crippen LogP contribution in [0.25, 0.3) is 0 Å². The molecule has 1 aromatic heterocycles. The number of thiazole rings is 1. The van der Waals surface area contributed by atoms with Crippen LogP contribution in [0.1, 0.15) is 45.2 Å². The third kappa shape index (κ3) is 3.84. The number of carbonyl (C=O) groups is 1. The number of benzene rings is 1. The smallest absolute Gasteiger partial charge is 0.265 e. The second-order valence-corrected chi connectivity index (χ2v) is 7.71. The number of aryl methyl sites for hydroxylation is 1. The maximum absolute atomic E-state index is 12.7. The molecule has 0 radical (unpaired) electrons. The van der Waals surface area contributed by atoms with E-state index in [2.05, 4.69) is 17.1 Å². The zero-order valence-electron chi connectivity index (χ0n) is 14.2. The maximum Gasteiger partial charge on any atom is 0.265 e. The van der Waals surface area contributed by atoms with Crippen molar-refractivity contribution in [3.8, 4) is 0 Å². The van der Waals surface area contributed by atoms with Gasteiger partial charge in [-0.15, -0.1) is 11.3 Å². The highest BCUT2D eigenvalue weighted by molar-refractivity contribution is 7.13. The van der Waals surface area contributed by atoms with Crippen molar-refractivity contribution < 1.29 is 9.90 Å². The molecule has 1 fully saturated rings. The predicted octanol–water partition coefficient (Wildman–Crippen LogP) is 3.28. The topological polar surface area (TPSA) is 53.4 Å². The summed E-state index contributed by atoms with van der Waals surface area (Å²) < 4.78 is 0. The van der Waals surface area contributed by atoms with E-state index in [4.69, 9.17) is 0 Å². The quantitative estimate of drug-likeness (QED) is 0.906. The summed E-state index contributed by atoms with van der Waals surface area (Å²) in [4.78, 5) is 19.8. The minimum Gasteiger partial charge on any atom is -0.393 e. The van der Waals surface area contributed by atoms with Gasteiger partial charge in [-0.3, -0.25) is 4.79 Å². The second-order valence-electron chi connectivity index (χ2n) is 6.63. The van der Waals surface area contributed by atoms with E-state index >= 15 is 0 Å². The van der Waals surface area contributed by atoms with Gasteiger partial charge >= 0.3 is 0 Å². The molecule has 0 aliphatic heterocycles. The van der Waals surface area contributed by atoms with Crippen LogP contribution >= 0.6 is 11.3 Å². The van der Waals surface area contributed by atoms with E-state index in [9.17, 15) is 9.90 Å². The van der Waals surface area contributed by atoms with Crippen molar-refractivity contribution >= 4 is 17.2 Å². The van der Waals surface area contributed by atoms with Crippen LogP contribution in [-0.4, -0.2) is 40.6 Å². The van der Waals surface area contributed by atoms with Crippen molar-refractivity contribution in [2.45, 2.75) is 38.7 Å². The molecule has 1 heterocycles. The highest BCUT2D eigenvalue weighted by Crippen LogP contribution is 2.27. The number of amides is 1. The Kier molecular flexibility index (Phi) is 5.31. The molecular weight excluding hydrogens is 320 g/mol. The summed E-state index contributed by atoms with van der Waals surface area (Å²) in [5.74, 6) is 0.222. The van der Waals surface area contributed by atoms with E-state index in [1.807, 2.05) is 32.2 Å². The van der Waals surface area contributed by atoms with E-state index in [-0.39, 0.29) is 17.9 Å². The monoisotopic (exact) mass is 344 g/mol. The number of hydrogen-bond donors (Lipinski definition) is 1. The molecule has 0 bridgehead atoms. The Morgan fingerprint density at radius 1 is 1.33 bits per heavy atom. The molecule has 0 saturated heterocycles. The average molecular weight is 344 g/mol. The number of hydrogen-bond acceptors (Lipinski definition) is 4. The van der Waals surface area contributed by atoms with Crippen LogP contribution < -0.4 is 0 Å². The first-order valence-electron chi connectivity index (χ1n) is 8.48. The van der Waals surface area contributed by atoms with Crippen LogP contribution in [0.15, 0.2) is 30.3 Å². The molecule has 2 aromatic rings. The van der Waals surface area contributed by atoms with Crippen LogP contribution in [-0.2, 0) is 6.42 Å². The lowest BCUT2D eigenvalue weighted by Gasteiger charge is -2.22. The Hall–Kier alpha value is -1.72.